The van der Waals surface area contributed by atoms with Crippen LogP contribution in [0.4, 0.5) is 19.0 Å². The highest BCUT2D eigenvalue weighted by Gasteiger charge is 2.50. The number of nitrogens with zero attached hydrogens (tertiary/aromatic N) is 5. The summed E-state index contributed by atoms with van der Waals surface area (Å²) in [6.07, 6.45) is 8.93. The molecule has 4 unspecified atom stereocenters. The zero-order valence-corrected chi connectivity index (χ0v) is 27.2. The van der Waals surface area contributed by atoms with Gasteiger partial charge in [-0.2, -0.15) is 9.97 Å². The van der Waals surface area contributed by atoms with Crippen molar-refractivity contribution in [3.8, 4) is 41.2 Å². The minimum atomic E-state index is -1.04. The van der Waals surface area contributed by atoms with E-state index in [-0.39, 0.29) is 75.8 Å². The third kappa shape index (κ3) is 5.43. The van der Waals surface area contributed by atoms with Gasteiger partial charge in [0, 0.05) is 42.0 Å². The van der Waals surface area contributed by atoms with Gasteiger partial charge in [-0.25, -0.2) is 18.2 Å². The maximum absolute atomic E-state index is 17.0. The molecule has 7 rings (SSSR count). The summed E-state index contributed by atoms with van der Waals surface area (Å²) < 4.78 is 58.9. The molecule has 0 spiro atoms. The summed E-state index contributed by atoms with van der Waals surface area (Å²) >= 11 is 0. The summed E-state index contributed by atoms with van der Waals surface area (Å²) in [6.45, 7) is 2.96. The lowest BCUT2D eigenvalue weighted by atomic mass is 9.75. The van der Waals surface area contributed by atoms with Crippen molar-refractivity contribution in [1.82, 2.24) is 19.9 Å². The van der Waals surface area contributed by atoms with Crippen molar-refractivity contribution in [2.75, 3.05) is 45.3 Å². The van der Waals surface area contributed by atoms with Crippen molar-refractivity contribution >= 4 is 27.5 Å². The van der Waals surface area contributed by atoms with Crippen molar-refractivity contribution < 1.29 is 32.9 Å². The molecule has 12 heteroatoms. The number of aromatic hydroxyl groups is 1. The second-order valence-electron chi connectivity index (χ2n) is 13.8. The number of ether oxygens (including phenoxy) is 2. The fraction of sp³-hybridized carbons (Fsp3) is 0.472. The van der Waals surface area contributed by atoms with E-state index in [2.05, 4.69) is 20.8 Å². The van der Waals surface area contributed by atoms with Gasteiger partial charge in [0.15, 0.2) is 5.82 Å². The molecule has 1 saturated carbocycles. The van der Waals surface area contributed by atoms with Crippen LogP contribution in [-0.2, 0) is 0 Å². The number of terminal acetylenes is 1. The Morgan fingerprint density at radius 2 is 1.94 bits per heavy atom. The van der Waals surface area contributed by atoms with E-state index >= 15 is 4.39 Å². The van der Waals surface area contributed by atoms with Crippen LogP contribution in [0.1, 0.15) is 51.0 Å². The SMILES string of the molecule is C#Cc1c(F)ccc2cc(O)cc(-c3nc(OC)c4c(N5CCCC(C)(O)C5)nc(OCC56CCCC5N(C)CC(F)C6)nc4c3F)c12. The molecular formula is C36H38F3N5O4. The minimum Gasteiger partial charge on any atom is -0.508 e. The van der Waals surface area contributed by atoms with Crippen molar-refractivity contribution in [3.63, 3.8) is 0 Å². The van der Waals surface area contributed by atoms with E-state index in [1.165, 1.54) is 31.4 Å². The normalized spacial score (nSPS) is 26.1. The van der Waals surface area contributed by atoms with Crippen molar-refractivity contribution in [2.24, 2.45) is 5.41 Å². The Morgan fingerprint density at radius 1 is 1.12 bits per heavy atom. The summed E-state index contributed by atoms with van der Waals surface area (Å²) in [4.78, 5) is 17.7. The maximum Gasteiger partial charge on any atom is 0.319 e. The van der Waals surface area contributed by atoms with Crippen LogP contribution in [0.3, 0.4) is 0 Å². The van der Waals surface area contributed by atoms with Gasteiger partial charge < -0.3 is 24.6 Å². The Kier molecular flexibility index (Phi) is 8.03. The summed E-state index contributed by atoms with van der Waals surface area (Å²) in [5.41, 5.74) is -2.00. The van der Waals surface area contributed by atoms with Gasteiger partial charge in [-0.15, -0.1) is 6.42 Å². The summed E-state index contributed by atoms with van der Waals surface area (Å²) in [5.74, 6) is 0.820. The molecule has 0 bridgehead atoms. The number of hydrogen-bond acceptors (Lipinski definition) is 9. The second kappa shape index (κ2) is 12.0. The summed E-state index contributed by atoms with van der Waals surface area (Å²) in [6, 6.07) is 5.34. The van der Waals surface area contributed by atoms with Crippen molar-refractivity contribution in [1.29, 1.82) is 0 Å². The van der Waals surface area contributed by atoms with Gasteiger partial charge in [-0.05, 0) is 69.7 Å². The molecule has 2 saturated heterocycles. The number of hydrogen-bond donors (Lipinski definition) is 2. The van der Waals surface area contributed by atoms with Gasteiger partial charge in [0.1, 0.15) is 40.2 Å². The first-order valence-electron chi connectivity index (χ1n) is 16.3. The number of fused-ring (bicyclic) bond motifs is 3. The number of alkyl halides is 1. The first-order valence-corrected chi connectivity index (χ1v) is 16.3. The number of aliphatic hydroxyl groups is 1. The largest absolute Gasteiger partial charge is 0.508 e. The van der Waals surface area contributed by atoms with Crippen LogP contribution in [0.15, 0.2) is 24.3 Å². The van der Waals surface area contributed by atoms with Gasteiger partial charge in [0.25, 0.3) is 0 Å². The summed E-state index contributed by atoms with van der Waals surface area (Å²) in [7, 11) is 3.31. The predicted molar refractivity (Wildman–Crippen MR) is 176 cm³/mol. The van der Waals surface area contributed by atoms with E-state index < -0.39 is 28.8 Å². The summed E-state index contributed by atoms with van der Waals surface area (Å²) in [5, 5.41) is 22.3. The van der Waals surface area contributed by atoms with E-state index in [0.717, 1.165) is 19.3 Å². The average Bonchev–Trinajstić information content (AvgIpc) is 3.47. The molecule has 4 aromatic rings. The van der Waals surface area contributed by atoms with Gasteiger partial charge in [-0.3, -0.25) is 4.90 Å². The van der Waals surface area contributed by atoms with Crippen molar-refractivity contribution in [2.45, 2.75) is 63.3 Å². The van der Waals surface area contributed by atoms with Gasteiger partial charge in [-0.1, -0.05) is 18.4 Å². The highest BCUT2D eigenvalue weighted by atomic mass is 19.1. The quantitative estimate of drug-likeness (QED) is 0.250. The Balaban J connectivity index is 1.43. The number of benzene rings is 2. The molecule has 252 valence electrons. The molecule has 0 radical (unpaired) electrons. The Bertz CT molecular complexity index is 1970. The minimum absolute atomic E-state index is 0.0213. The first kappa shape index (κ1) is 32.2. The lowest BCUT2D eigenvalue weighted by molar-refractivity contribution is -0.0244. The lowest BCUT2D eigenvalue weighted by Gasteiger charge is -2.45. The Morgan fingerprint density at radius 3 is 2.69 bits per heavy atom. The number of methoxy groups -OCH3 is 1. The predicted octanol–water partition coefficient (Wildman–Crippen LogP) is 5.76. The van der Waals surface area contributed by atoms with E-state index in [1.807, 2.05) is 11.9 Å². The average molecular weight is 662 g/mol. The molecular weight excluding hydrogens is 623 g/mol. The number of halogens is 3. The van der Waals surface area contributed by atoms with Gasteiger partial charge in [0.2, 0.25) is 5.88 Å². The zero-order valence-electron chi connectivity index (χ0n) is 27.2. The molecule has 4 atom stereocenters. The number of piperidine rings is 2. The van der Waals surface area contributed by atoms with Crippen LogP contribution in [0.5, 0.6) is 17.6 Å². The van der Waals surface area contributed by atoms with Crippen LogP contribution < -0.4 is 14.4 Å². The molecule has 48 heavy (non-hydrogen) atoms. The van der Waals surface area contributed by atoms with Crippen molar-refractivity contribution in [3.05, 3.63) is 41.5 Å². The van der Waals surface area contributed by atoms with Crippen LogP contribution >= 0.6 is 0 Å². The number of anilines is 1. The molecule has 2 aromatic heterocycles. The topological polar surface area (TPSA) is 104 Å². The molecule has 3 aliphatic rings. The standard InChI is InChI=1S/C36H38F3N5O4/c1-5-23-25(38)10-9-20-14-22(45)15-24(27(20)23)30-29(39)31-28(33(40-30)47-4)32(44-13-7-11-35(2,46)18-44)42-34(41-31)48-19-36-12-6-8-26(36)43(3)17-21(37)16-36/h1,9-10,14-15,21,26,45-46H,6-8,11-13,16-19H2,2-4H3. The van der Waals surface area contributed by atoms with E-state index in [9.17, 15) is 19.0 Å². The number of β-amino-alcohol motifs (C(OH)–C–C–N with tert-alkyl or cyclic N) is 1. The zero-order chi connectivity index (χ0) is 34.0. The second-order valence-corrected chi connectivity index (χ2v) is 13.8. The van der Waals surface area contributed by atoms with Gasteiger partial charge >= 0.3 is 6.01 Å². The number of rotatable bonds is 6. The third-order valence-electron chi connectivity index (χ3n) is 10.3. The smallest absolute Gasteiger partial charge is 0.319 e. The van der Waals surface area contributed by atoms with Crippen LogP contribution in [0.2, 0.25) is 0 Å². The third-order valence-corrected chi connectivity index (χ3v) is 10.3. The first-order chi connectivity index (χ1) is 22.9. The molecule has 2 aliphatic heterocycles. The van der Waals surface area contributed by atoms with E-state index in [1.54, 1.807) is 6.92 Å². The Hall–Kier alpha value is -4.34. The molecule has 9 nitrogen and oxygen atoms in total. The van der Waals surface area contributed by atoms with E-state index in [4.69, 9.17) is 20.9 Å². The molecule has 0 amide bonds. The number of aromatic nitrogens is 3. The lowest BCUT2D eigenvalue weighted by Crippen LogP contribution is -2.54. The fourth-order valence-electron chi connectivity index (χ4n) is 8.30. The van der Waals surface area contributed by atoms with Crippen LogP contribution in [0.25, 0.3) is 32.9 Å². The van der Waals surface area contributed by atoms with Crippen LogP contribution in [-0.4, -0.2) is 88.3 Å². The highest BCUT2D eigenvalue weighted by Crippen LogP contribution is 2.49. The molecule has 3 fully saturated rings. The number of phenolic OH excluding ortho intramolecular Hbond substituents is 1. The Labute approximate surface area is 276 Å². The molecule has 1 aliphatic carbocycles. The van der Waals surface area contributed by atoms with Crippen LogP contribution in [0, 0.1) is 29.4 Å². The van der Waals surface area contributed by atoms with Gasteiger partial charge in [0.05, 0.1) is 24.9 Å². The number of pyridine rings is 1. The fourth-order valence-corrected chi connectivity index (χ4v) is 8.30. The monoisotopic (exact) mass is 661 g/mol. The molecule has 2 aromatic carbocycles. The molecule has 4 heterocycles. The van der Waals surface area contributed by atoms with E-state index in [0.29, 0.717) is 37.7 Å². The number of phenols is 1. The number of likely N-dealkylation sites (tertiary alicyclic amines) is 1. The highest BCUT2D eigenvalue weighted by molar-refractivity contribution is 6.04. The maximum atomic E-state index is 17.0. The molecule has 2 N–H and O–H groups in total.